The van der Waals surface area contributed by atoms with E-state index in [1.54, 1.807) is 6.07 Å². The Bertz CT molecular complexity index is 924. The molecule has 26 heavy (non-hydrogen) atoms. The molecule has 1 saturated heterocycles. The first-order chi connectivity index (χ1) is 12.5. The number of carbonyl (C=O) groups is 3. The summed E-state index contributed by atoms with van der Waals surface area (Å²) in [5, 5.41) is 5.56. The summed E-state index contributed by atoms with van der Waals surface area (Å²) in [6, 6.07) is 14.5. The molecule has 0 radical (unpaired) electrons. The molecule has 2 aromatic carbocycles. The van der Waals surface area contributed by atoms with E-state index < -0.39 is 17.5 Å². The van der Waals surface area contributed by atoms with E-state index in [-0.39, 0.29) is 12.5 Å². The van der Waals surface area contributed by atoms with Gasteiger partial charge in [0.25, 0.3) is 5.91 Å². The van der Waals surface area contributed by atoms with E-state index in [0.29, 0.717) is 12.1 Å². The topological polar surface area (TPSA) is 78.5 Å². The van der Waals surface area contributed by atoms with Gasteiger partial charge in [-0.15, -0.1) is 0 Å². The molecular weight excluding hydrogens is 330 g/mol. The quantitative estimate of drug-likeness (QED) is 0.835. The monoisotopic (exact) mass is 349 g/mol. The summed E-state index contributed by atoms with van der Waals surface area (Å²) >= 11 is 0. The molecular formula is C20H19N3O3. The number of nitrogens with one attached hydrogen (secondary N) is 2. The van der Waals surface area contributed by atoms with Crippen LogP contribution in [0.25, 0.3) is 0 Å². The van der Waals surface area contributed by atoms with Crippen LogP contribution < -0.4 is 10.6 Å². The van der Waals surface area contributed by atoms with Crippen molar-refractivity contribution in [2.24, 2.45) is 0 Å². The van der Waals surface area contributed by atoms with E-state index in [1.165, 1.54) is 0 Å². The summed E-state index contributed by atoms with van der Waals surface area (Å²) in [5.41, 5.74) is 2.52. The third-order valence-electron chi connectivity index (χ3n) is 5.03. The minimum absolute atomic E-state index is 0.303. The van der Waals surface area contributed by atoms with Crippen LogP contribution in [0.15, 0.2) is 48.5 Å². The van der Waals surface area contributed by atoms with Gasteiger partial charge < -0.3 is 10.6 Å². The Balaban J connectivity index is 1.53. The zero-order chi connectivity index (χ0) is 18.3. The summed E-state index contributed by atoms with van der Waals surface area (Å²) in [6.07, 6.45) is 1.25. The lowest BCUT2D eigenvalue weighted by molar-refractivity contribution is -0.134. The molecule has 0 unspecified atom stereocenters. The second-order valence-electron chi connectivity index (χ2n) is 6.80. The third-order valence-corrected chi connectivity index (χ3v) is 5.03. The maximum absolute atomic E-state index is 13.0. The van der Waals surface area contributed by atoms with Gasteiger partial charge in [-0.25, -0.2) is 4.79 Å². The fourth-order valence-corrected chi connectivity index (χ4v) is 3.80. The van der Waals surface area contributed by atoms with Crippen molar-refractivity contribution in [2.75, 3.05) is 11.9 Å². The molecule has 132 valence electrons. The van der Waals surface area contributed by atoms with E-state index >= 15 is 0 Å². The van der Waals surface area contributed by atoms with Crippen LogP contribution in [-0.2, 0) is 21.5 Å². The van der Waals surface area contributed by atoms with Crippen LogP contribution in [0.5, 0.6) is 0 Å². The van der Waals surface area contributed by atoms with Crippen LogP contribution in [0, 0.1) is 6.92 Å². The Morgan fingerprint density at radius 3 is 2.81 bits per heavy atom. The van der Waals surface area contributed by atoms with E-state index in [0.717, 1.165) is 28.0 Å². The van der Waals surface area contributed by atoms with Crippen LogP contribution in [0.4, 0.5) is 10.5 Å². The Labute approximate surface area is 151 Å². The van der Waals surface area contributed by atoms with E-state index in [1.807, 2.05) is 49.4 Å². The number of urea groups is 1. The molecule has 0 bridgehead atoms. The van der Waals surface area contributed by atoms with Gasteiger partial charge in [0.2, 0.25) is 5.91 Å². The summed E-state index contributed by atoms with van der Waals surface area (Å²) in [5.74, 6) is -0.755. The summed E-state index contributed by atoms with van der Waals surface area (Å²) in [6.45, 7) is 1.62. The molecule has 1 fully saturated rings. The SMILES string of the molecule is Cc1cccc(NC(=O)CN2C(=O)N[C@]3(CCc4ccccc43)C2=O)c1. The third kappa shape index (κ3) is 2.54. The molecule has 0 aromatic heterocycles. The van der Waals surface area contributed by atoms with Crippen LogP contribution in [0.2, 0.25) is 0 Å². The number of hydrogen-bond donors (Lipinski definition) is 2. The van der Waals surface area contributed by atoms with Gasteiger partial charge in [0.05, 0.1) is 0 Å². The molecule has 4 rings (SSSR count). The van der Waals surface area contributed by atoms with Crippen LogP contribution >= 0.6 is 0 Å². The van der Waals surface area contributed by atoms with Crippen molar-refractivity contribution in [3.05, 3.63) is 65.2 Å². The average Bonchev–Trinajstić information content (AvgIpc) is 3.09. The number of nitrogens with zero attached hydrogens (tertiary/aromatic N) is 1. The van der Waals surface area contributed by atoms with Gasteiger partial charge in [-0.1, -0.05) is 36.4 Å². The lowest BCUT2D eigenvalue weighted by Gasteiger charge is -2.22. The number of rotatable bonds is 3. The van der Waals surface area contributed by atoms with Crippen molar-refractivity contribution < 1.29 is 14.4 Å². The highest BCUT2D eigenvalue weighted by Crippen LogP contribution is 2.41. The fraction of sp³-hybridized carbons (Fsp3) is 0.250. The minimum atomic E-state index is -1.03. The van der Waals surface area contributed by atoms with Crippen LogP contribution in [0.1, 0.15) is 23.1 Å². The van der Waals surface area contributed by atoms with Gasteiger partial charge >= 0.3 is 6.03 Å². The van der Waals surface area contributed by atoms with Gasteiger partial charge in [0.15, 0.2) is 0 Å². The molecule has 2 N–H and O–H groups in total. The van der Waals surface area contributed by atoms with Gasteiger partial charge in [0, 0.05) is 5.69 Å². The largest absolute Gasteiger partial charge is 0.325 e. The molecule has 4 amide bonds. The number of amides is 4. The Hall–Kier alpha value is -3.15. The first kappa shape index (κ1) is 16.3. The molecule has 2 aliphatic rings. The maximum atomic E-state index is 13.0. The number of benzene rings is 2. The molecule has 1 aliphatic heterocycles. The van der Waals surface area contributed by atoms with Crippen molar-refractivity contribution in [3.8, 4) is 0 Å². The zero-order valence-electron chi connectivity index (χ0n) is 14.4. The molecule has 0 saturated carbocycles. The first-order valence-corrected chi connectivity index (χ1v) is 8.59. The van der Waals surface area contributed by atoms with Gasteiger partial charge in [-0.2, -0.15) is 0 Å². The predicted octanol–water partition coefficient (Wildman–Crippen LogP) is 2.33. The van der Waals surface area contributed by atoms with E-state index in [2.05, 4.69) is 10.6 Å². The van der Waals surface area contributed by atoms with E-state index in [4.69, 9.17) is 0 Å². The Morgan fingerprint density at radius 2 is 2.00 bits per heavy atom. The standard InChI is InChI=1S/C20H19N3O3/c1-13-5-4-7-15(11-13)21-17(24)12-23-18(25)20(22-19(23)26)10-9-14-6-2-3-8-16(14)20/h2-8,11H,9-10,12H2,1H3,(H,21,24)(H,22,26)/t20-/m0/s1. The molecule has 2 aromatic rings. The number of fused-ring (bicyclic) bond motifs is 2. The van der Waals surface area contributed by atoms with Gasteiger partial charge in [-0.3, -0.25) is 14.5 Å². The number of hydrogen-bond acceptors (Lipinski definition) is 3. The van der Waals surface area contributed by atoms with Crippen molar-refractivity contribution in [1.82, 2.24) is 10.2 Å². The molecule has 6 heteroatoms. The highest BCUT2D eigenvalue weighted by molar-refractivity contribution is 6.10. The first-order valence-electron chi connectivity index (χ1n) is 8.59. The highest BCUT2D eigenvalue weighted by Gasteiger charge is 2.55. The molecule has 1 aliphatic carbocycles. The molecule has 1 atom stereocenters. The summed E-state index contributed by atoms with van der Waals surface area (Å²) in [7, 11) is 0. The van der Waals surface area contributed by atoms with Crippen molar-refractivity contribution in [2.45, 2.75) is 25.3 Å². The van der Waals surface area contributed by atoms with Crippen molar-refractivity contribution >= 4 is 23.5 Å². The number of aryl methyl sites for hydroxylation is 2. The number of anilines is 1. The lowest BCUT2D eigenvalue weighted by Crippen LogP contribution is -2.43. The maximum Gasteiger partial charge on any atom is 0.325 e. The molecule has 1 spiro atoms. The van der Waals surface area contributed by atoms with E-state index in [9.17, 15) is 14.4 Å². The zero-order valence-corrected chi connectivity index (χ0v) is 14.4. The second-order valence-corrected chi connectivity index (χ2v) is 6.80. The number of imide groups is 1. The normalized spacial score (nSPS) is 21.0. The van der Waals surface area contributed by atoms with Crippen LogP contribution in [0.3, 0.4) is 0 Å². The smallest absolute Gasteiger partial charge is 0.325 e. The second kappa shape index (κ2) is 5.98. The van der Waals surface area contributed by atoms with Crippen LogP contribution in [-0.4, -0.2) is 29.3 Å². The average molecular weight is 349 g/mol. The predicted molar refractivity (Wildman–Crippen MR) is 96.5 cm³/mol. The molecule has 1 heterocycles. The fourth-order valence-electron chi connectivity index (χ4n) is 3.80. The lowest BCUT2D eigenvalue weighted by atomic mass is 9.92. The summed E-state index contributed by atoms with van der Waals surface area (Å²) < 4.78 is 0. The van der Waals surface area contributed by atoms with Crippen molar-refractivity contribution in [1.29, 1.82) is 0 Å². The number of carbonyl (C=O) groups excluding carboxylic acids is 3. The molecule has 6 nitrogen and oxygen atoms in total. The van der Waals surface area contributed by atoms with Gasteiger partial charge in [0.1, 0.15) is 12.1 Å². The highest BCUT2D eigenvalue weighted by atomic mass is 16.2. The van der Waals surface area contributed by atoms with Gasteiger partial charge in [-0.05, 0) is 48.6 Å². The minimum Gasteiger partial charge on any atom is -0.325 e. The summed E-state index contributed by atoms with van der Waals surface area (Å²) in [4.78, 5) is 38.8. The Morgan fingerprint density at radius 1 is 1.19 bits per heavy atom. The Kier molecular flexibility index (Phi) is 3.76. The van der Waals surface area contributed by atoms with Crippen molar-refractivity contribution in [3.63, 3.8) is 0 Å².